The number of nitrogens with zero attached hydrogens (tertiary/aromatic N) is 1. The lowest BCUT2D eigenvalue weighted by molar-refractivity contribution is 0.190. The van der Waals surface area contributed by atoms with E-state index in [1.807, 2.05) is 0 Å². The van der Waals surface area contributed by atoms with Crippen molar-refractivity contribution < 1.29 is 5.11 Å². The minimum absolute atomic E-state index is 0.312. The minimum atomic E-state index is 0.312. The SMILES string of the molecule is CCCCCCCCCCN(CCO)CCCCCCCC. The maximum Gasteiger partial charge on any atom is 0.0558 e. The van der Waals surface area contributed by atoms with Gasteiger partial charge in [0.2, 0.25) is 0 Å². The normalized spacial score (nSPS) is 11.5. The minimum Gasteiger partial charge on any atom is -0.395 e. The van der Waals surface area contributed by atoms with Gasteiger partial charge in [-0.25, -0.2) is 0 Å². The third-order valence-corrected chi connectivity index (χ3v) is 4.57. The van der Waals surface area contributed by atoms with Gasteiger partial charge < -0.3 is 10.0 Å². The molecule has 0 atom stereocenters. The molecular weight excluding hydrogens is 270 g/mol. The number of aliphatic hydroxyl groups is 1. The number of unbranched alkanes of at least 4 members (excludes halogenated alkanes) is 12. The standard InChI is InChI=1S/C20H43NO/c1-3-5-7-9-11-12-14-16-18-21(19-20-22)17-15-13-10-8-6-4-2/h22H,3-20H2,1-2H3. The molecule has 0 heterocycles. The Morgan fingerprint density at radius 2 is 0.864 bits per heavy atom. The van der Waals surface area contributed by atoms with E-state index in [9.17, 15) is 5.11 Å². The summed E-state index contributed by atoms with van der Waals surface area (Å²) in [4.78, 5) is 2.47. The molecule has 0 unspecified atom stereocenters. The van der Waals surface area contributed by atoms with Crippen molar-refractivity contribution in [2.24, 2.45) is 0 Å². The molecule has 134 valence electrons. The fraction of sp³-hybridized carbons (Fsp3) is 1.00. The summed E-state index contributed by atoms with van der Waals surface area (Å²) in [5.74, 6) is 0. The lowest BCUT2D eigenvalue weighted by atomic mass is 10.1. The topological polar surface area (TPSA) is 23.5 Å². The van der Waals surface area contributed by atoms with Crippen LogP contribution in [-0.2, 0) is 0 Å². The molecule has 0 spiro atoms. The van der Waals surface area contributed by atoms with E-state index in [2.05, 4.69) is 18.7 Å². The molecule has 0 amide bonds. The van der Waals surface area contributed by atoms with E-state index in [0.717, 1.165) is 6.54 Å². The summed E-state index contributed by atoms with van der Waals surface area (Å²) in [5, 5.41) is 9.19. The van der Waals surface area contributed by atoms with Gasteiger partial charge in [0, 0.05) is 6.54 Å². The Balaban J connectivity index is 3.43. The van der Waals surface area contributed by atoms with Gasteiger partial charge in [-0.3, -0.25) is 0 Å². The van der Waals surface area contributed by atoms with Crippen molar-refractivity contribution in [1.82, 2.24) is 4.90 Å². The second-order valence-corrected chi connectivity index (χ2v) is 6.81. The summed E-state index contributed by atoms with van der Waals surface area (Å²) in [7, 11) is 0. The predicted molar refractivity (Wildman–Crippen MR) is 99.5 cm³/mol. The highest BCUT2D eigenvalue weighted by molar-refractivity contribution is 4.59. The van der Waals surface area contributed by atoms with Crippen LogP contribution < -0.4 is 0 Å². The van der Waals surface area contributed by atoms with Crippen LogP contribution in [-0.4, -0.2) is 36.2 Å². The van der Waals surface area contributed by atoms with E-state index < -0.39 is 0 Å². The fourth-order valence-electron chi connectivity index (χ4n) is 3.06. The largest absolute Gasteiger partial charge is 0.395 e. The number of rotatable bonds is 18. The Morgan fingerprint density at radius 3 is 1.23 bits per heavy atom. The lowest BCUT2D eigenvalue weighted by Gasteiger charge is -2.21. The van der Waals surface area contributed by atoms with Gasteiger partial charge in [0.15, 0.2) is 0 Å². The van der Waals surface area contributed by atoms with E-state index in [-0.39, 0.29) is 0 Å². The van der Waals surface area contributed by atoms with Crippen LogP contribution in [0, 0.1) is 0 Å². The summed E-state index contributed by atoms with van der Waals surface area (Å²) >= 11 is 0. The predicted octanol–water partition coefficient (Wildman–Crippen LogP) is 5.78. The first-order valence-corrected chi connectivity index (χ1v) is 10.2. The zero-order valence-corrected chi connectivity index (χ0v) is 15.6. The molecule has 0 aromatic carbocycles. The van der Waals surface area contributed by atoms with Gasteiger partial charge in [0.25, 0.3) is 0 Å². The van der Waals surface area contributed by atoms with Crippen LogP contribution in [0.1, 0.15) is 104 Å². The van der Waals surface area contributed by atoms with E-state index in [0.29, 0.717) is 6.61 Å². The Bertz CT molecular complexity index is 196. The molecule has 0 saturated heterocycles. The molecule has 2 nitrogen and oxygen atoms in total. The third-order valence-electron chi connectivity index (χ3n) is 4.57. The Labute approximate surface area is 140 Å². The zero-order chi connectivity index (χ0) is 16.3. The maximum absolute atomic E-state index is 9.19. The monoisotopic (exact) mass is 313 g/mol. The molecule has 0 rings (SSSR count). The molecule has 0 radical (unpaired) electrons. The van der Waals surface area contributed by atoms with Gasteiger partial charge in [-0.2, -0.15) is 0 Å². The smallest absolute Gasteiger partial charge is 0.0558 e. The van der Waals surface area contributed by atoms with Crippen LogP contribution in [0.2, 0.25) is 0 Å². The first-order valence-electron chi connectivity index (χ1n) is 10.2. The van der Waals surface area contributed by atoms with Crippen LogP contribution in [0.15, 0.2) is 0 Å². The molecule has 0 aliphatic carbocycles. The van der Waals surface area contributed by atoms with Gasteiger partial charge in [0.1, 0.15) is 0 Å². The average molecular weight is 314 g/mol. The summed E-state index contributed by atoms with van der Waals surface area (Å²) in [6.45, 7) is 8.10. The molecule has 0 aromatic heterocycles. The molecule has 1 N–H and O–H groups in total. The van der Waals surface area contributed by atoms with Crippen molar-refractivity contribution in [2.75, 3.05) is 26.2 Å². The molecule has 0 bridgehead atoms. The number of hydrogen-bond donors (Lipinski definition) is 1. The number of hydrogen-bond acceptors (Lipinski definition) is 2. The average Bonchev–Trinajstić information content (AvgIpc) is 2.53. The van der Waals surface area contributed by atoms with Crippen molar-refractivity contribution in [3.05, 3.63) is 0 Å². The lowest BCUT2D eigenvalue weighted by Crippen LogP contribution is -2.29. The highest BCUT2D eigenvalue weighted by Crippen LogP contribution is 2.10. The molecule has 0 saturated carbocycles. The molecular formula is C20H43NO. The first kappa shape index (κ1) is 21.9. The van der Waals surface area contributed by atoms with Crippen molar-refractivity contribution >= 4 is 0 Å². The molecule has 0 aliphatic heterocycles. The van der Waals surface area contributed by atoms with Gasteiger partial charge in [-0.15, -0.1) is 0 Å². The van der Waals surface area contributed by atoms with Crippen LogP contribution in [0.3, 0.4) is 0 Å². The highest BCUT2D eigenvalue weighted by Gasteiger charge is 2.03. The van der Waals surface area contributed by atoms with E-state index in [1.165, 1.54) is 103 Å². The fourth-order valence-corrected chi connectivity index (χ4v) is 3.06. The van der Waals surface area contributed by atoms with E-state index in [1.54, 1.807) is 0 Å². The summed E-state index contributed by atoms with van der Waals surface area (Å²) in [6, 6.07) is 0. The molecule has 0 aliphatic rings. The van der Waals surface area contributed by atoms with Crippen LogP contribution in [0.4, 0.5) is 0 Å². The van der Waals surface area contributed by atoms with Crippen LogP contribution >= 0.6 is 0 Å². The van der Waals surface area contributed by atoms with Gasteiger partial charge in [-0.1, -0.05) is 90.9 Å². The summed E-state index contributed by atoms with van der Waals surface area (Å²) in [6.07, 6.45) is 19.2. The van der Waals surface area contributed by atoms with Crippen molar-refractivity contribution in [3.63, 3.8) is 0 Å². The molecule has 22 heavy (non-hydrogen) atoms. The Hall–Kier alpha value is -0.0800. The molecule has 0 aromatic rings. The second-order valence-electron chi connectivity index (χ2n) is 6.81. The summed E-state index contributed by atoms with van der Waals surface area (Å²) < 4.78 is 0. The molecule has 2 heteroatoms. The Morgan fingerprint density at radius 1 is 0.500 bits per heavy atom. The van der Waals surface area contributed by atoms with Crippen LogP contribution in [0.25, 0.3) is 0 Å². The maximum atomic E-state index is 9.19. The van der Waals surface area contributed by atoms with Gasteiger partial charge in [0.05, 0.1) is 6.61 Å². The Kier molecular flexibility index (Phi) is 18.9. The summed E-state index contributed by atoms with van der Waals surface area (Å²) in [5.41, 5.74) is 0. The van der Waals surface area contributed by atoms with Gasteiger partial charge >= 0.3 is 0 Å². The van der Waals surface area contributed by atoms with Gasteiger partial charge in [-0.05, 0) is 25.9 Å². The van der Waals surface area contributed by atoms with E-state index >= 15 is 0 Å². The van der Waals surface area contributed by atoms with Crippen molar-refractivity contribution in [3.8, 4) is 0 Å². The quantitative estimate of drug-likeness (QED) is 0.324. The molecule has 0 fully saturated rings. The number of aliphatic hydroxyl groups excluding tert-OH is 1. The second kappa shape index (κ2) is 19.0. The van der Waals surface area contributed by atoms with Crippen molar-refractivity contribution in [1.29, 1.82) is 0 Å². The zero-order valence-electron chi connectivity index (χ0n) is 15.6. The van der Waals surface area contributed by atoms with Crippen LogP contribution in [0.5, 0.6) is 0 Å². The van der Waals surface area contributed by atoms with E-state index in [4.69, 9.17) is 0 Å². The van der Waals surface area contributed by atoms with Crippen molar-refractivity contribution in [2.45, 2.75) is 104 Å². The highest BCUT2D eigenvalue weighted by atomic mass is 16.3. The first-order chi connectivity index (χ1) is 10.8. The third kappa shape index (κ3) is 16.3.